The number of fused-ring (bicyclic) bond motifs is 1. The SMILES string of the molecule is Cl.N[C@H]1C[C@H](n2c(=O)n(C3CC3)c3cccnc32)C1. The van der Waals surface area contributed by atoms with Crippen molar-refractivity contribution in [3.8, 4) is 0 Å². The van der Waals surface area contributed by atoms with E-state index in [2.05, 4.69) is 4.98 Å². The molecule has 0 radical (unpaired) electrons. The molecule has 5 nitrogen and oxygen atoms in total. The third-order valence-electron chi connectivity index (χ3n) is 4.09. The molecular weight excluding hydrogens is 264 g/mol. The van der Waals surface area contributed by atoms with Crippen LogP contribution in [-0.4, -0.2) is 20.2 Å². The van der Waals surface area contributed by atoms with Gasteiger partial charge in [-0.2, -0.15) is 0 Å². The van der Waals surface area contributed by atoms with E-state index >= 15 is 0 Å². The van der Waals surface area contributed by atoms with E-state index in [0.717, 1.165) is 36.8 Å². The summed E-state index contributed by atoms with van der Waals surface area (Å²) in [6.07, 6.45) is 5.75. The Kier molecular flexibility index (Phi) is 2.91. The molecule has 0 atom stereocenters. The van der Waals surface area contributed by atoms with E-state index in [1.165, 1.54) is 0 Å². The number of halogens is 1. The minimum Gasteiger partial charge on any atom is -0.328 e. The number of pyridine rings is 1. The van der Waals surface area contributed by atoms with Crippen molar-refractivity contribution in [2.45, 2.75) is 43.8 Å². The maximum absolute atomic E-state index is 12.6. The van der Waals surface area contributed by atoms with Crippen molar-refractivity contribution < 1.29 is 0 Å². The lowest BCUT2D eigenvalue weighted by atomic mass is 9.87. The van der Waals surface area contributed by atoms with Crippen LogP contribution in [0.15, 0.2) is 23.1 Å². The summed E-state index contributed by atoms with van der Waals surface area (Å²) >= 11 is 0. The number of imidazole rings is 1. The lowest BCUT2D eigenvalue weighted by molar-refractivity contribution is 0.264. The monoisotopic (exact) mass is 280 g/mol. The van der Waals surface area contributed by atoms with Crippen molar-refractivity contribution in [2.24, 2.45) is 5.73 Å². The van der Waals surface area contributed by atoms with Crippen LogP contribution in [0.5, 0.6) is 0 Å². The van der Waals surface area contributed by atoms with Gasteiger partial charge < -0.3 is 5.73 Å². The first-order valence-corrected chi connectivity index (χ1v) is 6.58. The summed E-state index contributed by atoms with van der Waals surface area (Å²) in [7, 11) is 0. The number of hydrogen-bond acceptors (Lipinski definition) is 3. The molecule has 2 aromatic heterocycles. The Morgan fingerprint density at radius 2 is 1.95 bits per heavy atom. The van der Waals surface area contributed by atoms with Crippen molar-refractivity contribution in [3.05, 3.63) is 28.8 Å². The molecule has 6 heteroatoms. The van der Waals surface area contributed by atoms with Gasteiger partial charge in [-0.3, -0.25) is 9.13 Å². The van der Waals surface area contributed by atoms with Crippen molar-refractivity contribution in [1.82, 2.24) is 14.1 Å². The fraction of sp³-hybridized carbons (Fsp3) is 0.538. The topological polar surface area (TPSA) is 65.8 Å². The number of rotatable bonds is 2. The second kappa shape index (κ2) is 4.35. The summed E-state index contributed by atoms with van der Waals surface area (Å²) in [6.45, 7) is 0. The van der Waals surface area contributed by atoms with Gasteiger partial charge in [0.15, 0.2) is 5.65 Å². The largest absolute Gasteiger partial charge is 0.330 e. The smallest absolute Gasteiger partial charge is 0.328 e. The van der Waals surface area contributed by atoms with E-state index in [1.54, 1.807) is 6.20 Å². The molecule has 0 aromatic carbocycles. The van der Waals surface area contributed by atoms with Crippen LogP contribution < -0.4 is 11.4 Å². The highest BCUT2D eigenvalue weighted by Gasteiger charge is 2.34. The van der Waals surface area contributed by atoms with Crippen LogP contribution in [0.4, 0.5) is 0 Å². The average molecular weight is 281 g/mol. The summed E-state index contributed by atoms with van der Waals surface area (Å²) in [6, 6.07) is 4.77. The highest BCUT2D eigenvalue weighted by atomic mass is 35.5. The number of nitrogens with zero attached hydrogens (tertiary/aromatic N) is 3. The Morgan fingerprint density at radius 3 is 2.58 bits per heavy atom. The van der Waals surface area contributed by atoms with Crippen LogP contribution in [0.1, 0.15) is 37.8 Å². The Labute approximate surface area is 116 Å². The predicted molar refractivity (Wildman–Crippen MR) is 75.8 cm³/mol. The zero-order valence-electron chi connectivity index (χ0n) is 10.5. The van der Waals surface area contributed by atoms with Gasteiger partial charge in [0.2, 0.25) is 0 Å². The molecule has 0 bridgehead atoms. The van der Waals surface area contributed by atoms with Gasteiger partial charge in [-0.25, -0.2) is 9.78 Å². The molecule has 102 valence electrons. The van der Waals surface area contributed by atoms with Gasteiger partial charge in [-0.05, 0) is 37.8 Å². The van der Waals surface area contributed by atoms with Gasteiger partial charge in [-0.15, -0.1) is 12.4 Å². The fourth-order valence-electron chi connectivity index (χ4n) is 2.93. The van der Waals surface area contributed by atoms with Gasteiger partial charge in [0.05, 0.1) is 5.52 Å². The first-order chi connectivity index (χ1) is 8.75. The Hall–Kier alpha value is -1.33. The highest BCUT2D eigenvalue weighted by Crippen LogP contribution is 2.38. The van der Waals surface area contributed by atoms with E-state index in [-0.39, 0.29) is 30.2 Å². The summed E-state index contributed by atoms with van der Waals surface area (Å²) in [5.74, 6) is 0. The molecule has 2 saturated carbocycles. The van der Waals surface area contributed by atoms with Gasteiger partial charge in [0.1, 0.15) is 0 Å². The minimum absolute atomic E-state index is 0. The summed E-state index contributed by atoms with van der Waals surface area (Å²) < 4.78 is 3.78. The summed E-state index contributed by atoms with van der Waals surface area (Å²) in [5, 5.41) is 0. The zero-order chi connectivity index (χ0) is 12.3. The van der Waals surface area contributed by atoms with Gasteiger partial charge in [0, 0.05) is 24.3 Å². The van der Waals surface area contributed by atoms with Crippen LogP contribution in [0, 0.1) is 0 Å². The van der Waals surface area contributed by atoms with E-state index in [1.807, 2.05) is 21.3 Å². The van der Waals surface area contributed by atoms with Crippen molar-refractivity contribution in [1.29, 1.82) is 0 Å². The fourth-order valence-corrected chi connectivity index (χ4v) is 2.93. The molecule has 4 rings (SSSR count). The maximum Gasteiger partial charge on any atom is 0.330 e. The number of aromatic nitrogens is 3. The molecule has 2 heterocycles. The van der Waals surface area contributed by atoms with Crippen LogP contribution in [0.3, 0.4) is 0 Å². The molecule has 0 unspecified atom stereocenters. The molecule has 2 fully saturated rings. The van der Waals surface area contributed by atoms with Crippen molar-refractivity contribution in [3.63, 3.8) is 0 Å². The van der Waals surface area contributed by atoms with Crippen LogP contribution in [-0.2, 0) is 0 Å². The highest BCUT2D eigenvalue weighted by molar-refractivity contribution is 5.85. The zero-order valence-corrected chi connectivity index (χ0v) is 11.3. The minimum atomic E-state index is 0. The van der Waals surface area contributed by atoms with E-state index in [4.69, 9.17) is 5.73 Å². The van der Waals surface area contributed by atoms with E-state index < -0.39 is 0 Å². The second-order valence-corrected chi connectivity index (χ2v) is 5.49. The molecule has 0 aliphatic heterocycles. The standard InChI is InChI=1S/C13H16N4O.ClH/c14-8-6-10(7-8)17-12-11(2-1-5-15-12)16(13(17)18)9-3-4-9;/h1-2,5,8-10H,3-4,6-7,14H2;1H/t8-,10-;. The number of hydrogen-bond donors (Lipinski definition) is 1. The van der Waals surface area contributed by atoms with Gasteiger partial charge in [-0.1, -0.05) is 0 Å². The third-order valence-corrected chi connectivity index (χ3v) is 4.09. The third kappa shape index (κ3) is 1.80. The van der Waals surface area contributed by atoms with Gasteiger partial charge >= 0.3 is 5.69 Å². The average Bonchev–Trinajstić information content (AvgIpc) is 3.10. The van der Waals surface area contributed by atoms with E-state index in [0.29, 0.717) is 6.04 Å². The van der Waals surface area contributed by atoms with Crippen molar-refractivity contribution >= 4 is 23.6 Å². The first kappa shape index (κ1) is 12.7. The molecular formula is C13H17ClN4O. The normalized spacial score (nSPS) is 25.9. The Balaban J connectivity index is 0.00000110. The Morgan fingerprint density at radius 1 is 1.21 bits per heavy atom. The van der Waals surface area contributed by atoms with Crippen molar-refractivity contribution in [2.75, 3.05) is 0 Å². The maximum atomic E-state index is 12.6. The molecule has 2 aliphatic carbocycles. The van der Waals surface area contributed by atoms with E-state index in [9.17, 15) is 4.79 Å². The quantitative estimate of drug-likeness (QED) is 0.909. The molecule has 2 aliphatic rings. The van der Waals surface area contributed by atoms with Crippen LogP contribution >= 0.6 is 12.4 Å². The second-order valence-electron chi connectivity index (χ2n) is 5.49. The molecule has 2 N–H and O–H groups in total. The number of nitrogens with two attached hydrogens (primary N) is 1. The predicted octanol–water partition coefficient (Wildman–Crippen LogP) is 1.62. The molecule has 0 saturated heterocycles. The van der Waals surface area contributed by atoms with Gasteiger partial charge in [0.25, 0.3) is 0 Å². The Bertz CT molecular complexity index is 667. The molecule has 0 amide bonds. The summed E-state index contributed by atoms with van der Waals surface area (Å²) in [5.41, 5.74) is 7.74. The molecule has 19 heavy (non-hydrogen) atoms. The lowest BCUT2D eigenvalue weighted by Gasteiger charge is -2.32. The molecule has 0 spiro atoms. The van der Waals surface area contributed by atoms with Crippen LogP contribution in [0.25, 0.3) is 11.2 Å². The lowest BCUT2D eigenvalue weighted by Crippen LogP contribution is -2.41. The molecule has 2 aromatic rings. The summed E-state index contributed by atoms with van der Waals surface area (Å²) in [4.78, 5) is 17.0. The van der Waals surface area contributed by atoms with Crippen LogP contribution in [0.2, 0.25) is 0 Å². The first-order valence-electron chi connectivity index (χ1n) is 6.58.